The van der Waals surface area contributed by atoms with Crippen molar-refractivity contribution in [3.05, 3.63) is 83.4 Å². The van der Waals surface area contributed by atoms with Gasteiger partial charge in [-0.1, -0.05) is 49.9 Å². The number of hydrogen-bond acceptors (Lipinski definition) is 6. The van der Waals surface area contributed by atoms with E-state index in [0.29, 0.717) is 30.7 Å². The third kappa shape index (κ3) is 5.94. The van der Waals surface area contributed by atoms with E-state index < -0.39 is 17.7 Å². The minimum absolute atomic E-state index is 0.227. The van der Waals surface area contributed by atoms with E-state index in [1.54, 1.807) is 12.2 Å². The lowest BCUT2D eigenvalue weighted by Crippen LogP contribution is -2.25. The van der Waals surface area contributed by atoms with Gasteiger partial charge < -0.3 is 20.1 Å². The average molecular weight is 410 g/mol. The molecule has 158 valence electrons. The smallest absolute Gasteiger partial charge is 0.343 e. The van der Waals surface area contributed by atoms with Crippen molar-refractivity contribution in [2.24, 2.45) is 5.73 Å². The van der Waals surface area contributed by atoms with Crippen molar-refractivity contribution in [3.63, 3.8) is 0 Å². The van der Waals surface area contributed by atoms with E-state index in [1.807, 2.05) is 48.2 Å². The summed E-state index contributed by atoms with van der Waals surface area (Å²) in [6.07, 6.45) is 6.04. The van der Waals surface area contributed by atoms with Gasteiger partial charge in [-0.15, -0.1) is 0 Å². The summed E-state index contributed by atoms with van der Waals surface area (Å²) in [5.74, 6) is -1.83. The van der Waals surface area contributed by atoms with Gasteiger partial charge in [0.1, 0.15) is 5.76 Å². The fourth-order valence-corrected chi connectivity index (χ4v) is 3.12. The standard InChI is InChI=1S/C23H26N2O5/c1-4-20-19(22(27)23(24)28)13-18(25(20)14-17-10-6-5-7-11-17)12-8-9-16(2)30-15-21(26)29-3/h5-12H,2,4,13-15H2,1,3H3,(H2,24,28)/b9-8-,18-12+. The fourth-order valence-electron chi connectivity index (χ4n) is 3.12. The molecule has 0 aliphatic carbocycles. The number of allylic oxidation sites excluding steroid dienone is 5. The van der Waals surface area contributed by atoms with Crippen molar-refractivity contribution in [1.29, 1.82) is 0 Å². The van der Waals surface area contributed by atoms with Gasteiger partial charge in [0.15, 0.2) is 6.61 Å². The Labute approximate surface area is 176 Å². The van der Waals surface area contributed by atoms with Crippen LogP contribution < -0.4 is 5.73 Å². The molecule has 1 amide bonds. The normalized spacial score (nSPS) is 15.0. The second kappa shape index (κ2) is 10.8. The van der Waals surface area contributed by atoms with Crippen LogP contribution in [-0.4, -0.2) is 36.3 Å². The zero-order valence-electron chi connectivity index (χ0n) is 17.2. The molecule has 1 aromatic carbocycles. The number of nitrogens with two attached hydrogens (primary N) is 1. The molecule has 0 radical (unpaired) electrons. The van der Waals surface area contributed by atoms with Gasteiger partial charge in [0.05, 0.1) is 7.11 Å². The first-order chi connectivity index (χ1) is 14.4. The molecule has 0 aromatic heterocycles. The molecule has 7 nitrogen and oxygen atoms in total. The van der Waals surface area contributed by atoms with Gasteiger partial charge in [-0.3, -0.25) is 9.59 Å². The van der Waals surface area contributed by atoms with E-state index in [9.17, 15) is 14.4 Å². The highest BCUT2D eigenvalue weighted by Crippen LogP contribution is 2.35. The zero-order chi connectivity index (χ0) is 22.1. The maximum Gasteiger partial charge on any atom is 0.343 e. The zero-order valence-corrected chi connectivity index (χ0v) is 17.2. The number of benzene rings is 1. The second-order valence-corrected chi connectivity index (χ2v) is 6.57. The largest absolute Gasteiger partial charge is 0.483 e. The topological polar surface area (TPSA) is 98.9 Å². The molecule has 0 saturated heterocycles. The predicted molar refractivity (Wildman–Crippen MR) is 112 cm³/mol. The highest BCUT2D eigenvalue weighted by molar-refractivity contribution is 6.42. The van der Waals surface area contributed by atoms with E-state index in [0.717, 1.165) is 17.0 Å². The Balaban J connectivity index is 2.25. The Bertz CT molecular complexity index is 913. The number of methoxy groups -OCH3 is 1. The van der Waals surface area contributed by atoms with Gasteiger partial charge in [-0.2, -0.15) is 0 Å². The number of esters is 1. The van der Waals surface area contributed by atoms with E-state index >= 15 is 0 Å². The molecule has 30 heavy (non-hydrogen) atoms. The number of ketones is 1. The highest BCUT2D eigenvalue weighted by Gasteiger charge is 2.31. The quantitative estimate of drug-likeness (QED) is 0.276. The number of ether oxygens (including phenoxy) is 2. The molecule has 7 heteroatoms. The third-order valence-electron chi connectivity index (χ3n) is 4.57. The Hall–Kier alpha value is -3.61. The number of carbonyl (C=O) groups is 3. The van der Waals surface area contributed by atoms with Crippen molar-refractivity contribution < 1.29 is 23.9 Å². The van der Waals surface area contributed by atoms with Crippen LogP contribution in [0.4, 0.5) is 0 Å². The molecule has 1 aliphatic rings. The number of amides is 1. The maximum atomic E-state index is 12.3. The van der Waals surface area contributed by atoms with E-state index in [4.69, 9.17) is 10.5 Å². The van der Waals surface area contributed by atoms with Crippen molar-refractivity contribution in [2.45, 2.75) is 26.3 Å². The van der Waals surface area contributed by atoms with Crippen molar-refractivity contribution in [2.75, 3.05) is 13.7 Å². The van der Waals surface area contributed by atoms with Gasteiger partial charge in [-0.05, 0) is 24.1 Å². The molecule has 2 rings (SSSR count). The SMILES string of the molecule is C=C(/C=C\C=C1/CC(C(=O)C(N)=O)=C(CC)N1Cc1ccccc1)OCC(=O)OC. The number of primary amides is 1. The third-order valence-corrected chi connectivity index (χ3v) is 4.57. The van der Waals surface area contributed by atoms with Crippen LogP contribution in [0.5, 0.6) is 0 Å². The van der Waals surface area contributed by atoms with Crippen LogP contribution in [0.3, 0.4) is 0 Å². The van der Waals surface area contributed by atoms with Crippen LogP contribution in [0.1, 0.15) is 25.3 Å². The number of nitrogens with zero attached hydrogens (tertiary/aromatic N) is 1. The minimum Gasteiger partial charge on any atom is -0.483 e. The van der Waals surface area contributed by atoms with E-state index in [1.165, 1.54) is 7.11 Å². The number of hydrogen-bond donors (Lipinski definition) is 1. The first-order valence-corrected chi connectivity index (χ1v) is 9.50. The summed E-state index contributed by atoms with van der Waals surface area (Å²) in [5.41, 5.74) is 8.35. The molecule has 0 atom stereocenters. The van der Waals surface area contributed by atoms with Crippen molar-refractivity contribution in [1.82, 2.24) is 4.90 Å². The van der Waals surface area contributed by atoms with Crippen LogP contribution in [0.25, 0.3) is 0 Å². The lowest BCUT2D eigenvalue weighted by Gasteiger charge is -2.24. The molecule has 1 aliphatic heterocycles. The molecular formula is C23H26N2O5. The molecular weight excluding hydrogens is 384 g/mol. The van der Waals surface area contributed by atoms with Crippen LogP contribution in [-0.2, 0) is 30.4 Å². The van der Waals surface area contributed by atoms with E-state index in [2.05, 4.69) is 11.3 Å². The van der Waals surface area contributed by atoms with E-state index in [-0.39, 0.29) is 6.61 Å². The Morgan fingerprint density at radius 3 is 2.53 bits per heavy atom. The molecule has 0 fully saturated rings. The monoisotopic (exact) mass is 410 g/mol. The van der Waals surface area contributed by atoms with Gasteiger partial charge in [0.25, 0.3) is 5.91 Å². The summed E-state index contributed by atoms with van der Waals surface area (Å²) in [6.45, 7) is 5.98. The molecule has 0 unspecified atom stereocenters. The first-order valence-electron chi connectivity index (χ1n) is 9.50. The van der Waals surface area contributed by atoms with Crippen LogP contribution >= 0.6 is 0 Å². The molecule has 0 bridgehead atoms. The lowest BCUT2D eigenvalue weighted by molar-refractivity contribution is -0.144. The van der Waals surface area contributed by atoms with Crippen LogP contribution in [0, 0.1) is 0 Å². The summed E-state index contributed by atoms with van der Waals surface area (Å²) in [7, 11) is 1.28. The first kappa shape index (κ1) is 22.7. The minimum atomic E-state index is -0.961. The Morgan fingerprint density at radius 2 is 1.93 bits per heavy atom. The number of rotatable bonds is 10. The maximum absolute atomic E-state index is 12.3. The molecule has 0 saturated carbocycles. The van der Waals surface area contributed by atoms with Crippen LogP contribution in [0.15, 0.2) is 77.9 Å². The summed E-state index contributed by atoms with van der Waals surface area (Å²) < 4.78 is 9.70. The van der Waals surface area contributed by atoms with Crippen LogP contribution in [0.2, 0.25) is 0 Å². The molecule has 2 N–H and O–H groups in total. The predicted octanol–water partition coefficient (Wildman–Crippen LogP) is 2.75. The fraction of sp³-hybridized carbons (Fsp3) is 0.261. The molecule has 0 spiro atoms. The number of Topliss-reactive ketones (excluding diaryl/α,β-unsaturated/α-hetero) is 1. The van der Waals surface area contributed by atoms with Gasteiger partial charge in [0, 0.05) is 29.9 Å². The van der Waals surface area contributed by atoms with Crippen molar-refractivity contribution in [3.8, 4) is 0 Å². The van der Waals surface area contributed by atoms with Gasteiger partial charge in [-0.25, -0.2) is 4.79 Å². The summed E-state index contributed by atoms with van der Waals surface area (Å²) in [4.78, 5) is 37.0. The summed E-state index contributed by atoms with van der Waals surface area (Å²) in [6, 6.07) is 9.82. The lowest BCUT2D eigenvalue weighted by atomic mass is 10.1. The highest BCUT2D eigenvalue weighted by atomic mass is 16.6. The Morgan fingerprint density at radius 1 is 1.23 bits per heavy atom. The average Bonchev–Trinajstić information content (AvgIpc) is 3.09. The van der Waals surface area contributed by atoms with Crippen molar-refractivity contribution >= 4 is 17.7 Å². The second-order valence-electron chi connectivity index (χ2n) is 6.57. The van der Waals surface area contributed by atoms with Gasteiger partial charge >= 0.3 is 5.97 Å². The Kier molecular flexibility index (Phi) is 8.17. The van der Waals surface area contributed by atoms with Gasteiger partial charge in [0.2, 0.25) is 5.78 Å². The molecule has 1 heterocycles. The molecule has 1 aromatic rings. The summed E-state index contributed by atoms with van der Waals surface area (Å²) >= 11 is 0. The summed E-state index contributed by atoms with van der Waals surface area (Å²) in [5, 5.41) is 0. The number of carbonyl (C=O) groups excluding carboxylic acids is 3.